The predicted octanol–water partition coefficient (Wildman–Crippen LogP) is 4.88. The van der Waals surface area contributed by atoms with Gasteiger partial charge in [0.05, 0.1) is 16.6 Å². The lowest BCUT2D eigenvalue weighted by Crippen LogP contribution is -2.28. The van der Waals surface area contributed by atoms with Crippen LogP contribution in [0.4, 0.5) is 10.1 Å². The number of anilines is 1. The average molecular weight is 490 g/mol. The molecule has 35 heavy (non-hydrogen) atoms. The van der Waals surface area contributed by atoms with Gasteiger partial charge in [-0.25, -0.2) is 9.37 Å². The second kappa shape index (κ2) is 8.88. The van der Waals surface area contributed by atoms with E-state index in [4.69, 9.17) is 4.52 Å². The van der Waals surface area contributed by atoms with E-state index >= 15 is 0 Å². The molecule has 3 heterocycles. The molecule has 176 valence electrons. The number of carbonyl (C=O) groups excluding carboxylic acids is 1. The molecule has 0 atom stereocenters. The van der Waals surface area contributed by atoms with Gasteiger partial charge in [-0.1, -0.05) is 23.4 Å². The Labute approximate surface area is 203 Å². The van der Waals surface area contributed by atoms with Gasteiger partial charge in [-0.15, -0.1) is 11.3 Å². The highest BCUT2D eigenvalue weighted by molar-refractivity contribution is 7.22. The van der Waals surface area contributed by atoms with Gasteiger partial charge in [0.25, 0.3) is 11.4 Å². The number of halogens is 1. The first-order valence-electron chi connectivity index (χ1n) is 10.8. The summed E-state index contributed by atoms with van der Waals surface area (Å²) in [6.45, 7) is 5.44. The summed E-state index contributed by atoms with van der Waals surface area (Å²) >= 11 is 1.26. The van der Waals surface area contributed by atoms with Crippen molar-refractivity contribution < 1.29 is 13.7 Å². The summed E-state index contributed by atoms with van der Waals surface area (Å²) in [6, 6.07) is 11.5. The molecule has 0 saturated heterocycles. The Bertz CT molecular complexity index is 1620. The summed E-state index contributed by atoms with van der Waals surface area (Å²) < 4.78 is 19.9. The summed E-state index contributed by atoms with van der Waals surface area (Å²) in [6.07, 6.45) is 1.37. The van der Waals surface area contributed by atoms with Crippen molar-refractivity contribution in [3.63, 3.8) is 0 Å². The topological polar surface area (TPSA) is 103 Å². The third-order valence-electron chi connectivity index (χ3n) is 5.70. The van der Waals surface area contributed by atoms with E-state index < -0.39 is 0 Å². The van der Waals surface area contributed by atoms with E-state index in [0.717, 1.165) is 16.8 Å². The van der Waals surface area contributed by atoms with E-state index in [0.29, 0.717) is 32.0 Å². The zero-order chi connectivity index (χ0) is 24.7. The maximum Gasteiger partial charge on any atom is 0.268 e. The van der Waals surface area contributed by atoms with Crippen LogP contribution in [0, 0.1) is 26.6 Å². The van der Waals surface area contributed by atoms with E-state index in [1.165, 1.54) is 34.4 Å². The van der Waals surface area contributed by atoms with Crippen LogP contribution in [0.3, 0.4) is 0 Å². The SMILES string of the molecule is Cc1cccc(C)c1NC(=O)Cn1cnc2sc(-c3nc(-c4ccc(F)cc4)no3)c(C)c2c1=O. The smallest absolute Gasteiger partial charge is 0.268 e. The van der Waals surface area contributed by atoms with Crippen LogP contribution in [0.5, 0.6) is 0 Å². The first-order valence-corrected chi connectivity index (χ1v) is 11.6. The van der Waals surface area contributed by atoms with Crippen molar-refractivity contribution >= 4 is 33.1 Å². The highest BCUT2D eigenvalue weighted by atomic mass is 32.1. The predicted molar refractivity (Wildman–Crippen MR) is 132 cm³/mol. The molecule has 0 spiro atoms. The lowest BCUT2D eigenvalue weighted by Gasteiger charge is -2.12. The zero-order valence-corrected chi connectivity index (χ0v) is 19.9. The average Bonchev–Trinajstić information content (AvgIpc) is 3.44. The number of carbonyl (C=O) groups is 1. The second-order valence-electron chi connectivity index (χ2n) is 8.16. The minimum Gasteiger partial charge on any atom is -0.333 e. The van der Waals surface area contributed by atoms with Gasteiger partial charge in [-0.2, -0.15) is 4.98 Å². The third-order valence-corrected chi connectivity index (χ3v) is 6.89. The number of fused-ring (bicyclic) bond motifs is 1. The van der Waals surface area contributed by atoms with Gasteiger partial charge in [0.2, 0.25) is 11.7 Å². The monoisotopic (exact) mass is 489 g/mol. The fourth-order valence-corrected chi connectivity index (χ4v) is 4.91. The first kappa shape index (κ1) is 22.6. The summed E-state index contributed by atoms with van der Waals surface area (Å²) in [5, 5.41) is 7.26. The molecular formula is C25H20FN5O3S. The van der Waals surface area contributed by atoms with Crippen molar-refractivity contribution in [1.82, 2.24) is 19.7 Å². The minimum absolute atomic E-state index is 0.171. The van der Waals surface area contributed by atoms with Gasteiger partial charge < -0.3 is 9.84 Å². The molecule has 10 heteroatoms. The second-order valence-corrected chi connectivity index (χ2v) is 9.16. The van der Waals surface area contributed by atoms with E-state index in [9.17, 15) is 14.0 Å². The fourth-order valence-electron chi connectivity index (χ4n) is 3.85. The number of aromatic nitrogens is 4. The number of thiophene rings is 1. The molecule has 0 unspecified atom stereocenters. The Hall–Kier alpha value is -4.18. The molecule has 0 bridgehead atoms. The maximum atomic E-state index is 13.2. The van der Waals surface area contributed by atoms with Crippen LogP contribution in [-0.4, -0.2) is 25.6 Å². The molecule has 1 N–H and O–H groups in total. The number of rotatable bonds is 5. The van der Waals surface area contributed by atoms with Crippen LogP contribution in [0.15, 0.2) is 58.1 Å². The maximum absolute atomic E-state index is 13.2. The number of benzene rings is 2. The van der Waals surface area contributed by atoms with Gasteiger partial charge in [-0.05, 0) is 61.7 Å². The number of para-hydroxylation sites is 1. The molecule has 0 radical (unpaired) electrons. The van der Waals surface area contributed by atoms with Gasteiger partial charge in [0, 0.05) is 11.3 Å². The Morgan fingerprint density at radius 3 is 2.54 bits per heavy atom. The van der Waals surface area contributed by atoms with Crippen molar-refractivity contribution in [2.45, 2.75) is 27.3 Å². The number of nitrogens with one attached hydrogen (secondary N) is 1. The van der Waals surface area contributed by atoms with Crippen LogP contribution < -0.4 is 10.9 Å². The molecule has 3 aromatic heterocycles. The quantitative estimate of drug-likeness (QED) is 0.378. The number of amides is 1. The third kappa shape index (κ3) is 4.24. The van der Waals surface area contributed by atoms with E-state index in [2.05, 4.69) is 20.4 Å². The summed E-state index contributed by atoms with van der Waals surface area (Å²) in [5.41, 5.74) is 3.54. The van der Waals surface area contributed by atoms with Gasteiger partial charge in [-0.3, -0.25) is 14.2 Å². The molecule has 0 fully saturated rings. The van der Waals surface area contributed by atoms with Crippen molar-refractivity contribution in [2.75, 3.05) is 5.32 Å². The number of aryl methyl sites for hydroxylation is 3. The lowest BCUT2D eigenvalue weighted by atomic mass is 10.1. The largest absolute Gasteiger partial charge is 0.333 e. The van der Waals surface area contributed by atoms with Gasteiger partial charge in [0.15, 0.2) is 0 Å². The van der Waals surface area contributed by atoms with Crippen LogP contribution in [0.2, 0.25) is 0 Å². The molecule has 0 saturated carbocycles. The van der Waals surface area contributed by atoms with Crippen LogP contribution in [0.25, 0.3) is 32.4 Å². The summed E-state index contributed by atoms with van der Waals surface area (Å²) in [5.74, 6) is -0.128. The molecule has 0 aliphatic carbocycles. The number of hydrogen-bond donors (Lipinski definition) is 1. The molecule has 0 aliphatic rings. The number of nitrogens with zero attached hydrogens (tertiary/aromatic N) is 4. The molecule has 2 aromatic carbocycles. The molecular weight excluding hydrogens is 469 g/mol. The van der Waals surface area contributed by atoms with Crippen molar-refractivity contribution in [3.05, 3.63) is 81.7 Å². The lowest BCUT2D eigenvalue weighted by molar-refractivity contribution is -0.116. The minimum atomic E-state index is -0.358. The Morgan fingerprint density at radius 1 is 1.11 bits per heavy atom. The fraction of sp³-hybridized carbons (Fsp3) is 0.160. The number of hydrogen-bond acceptors (Lipinski definition) is 7. The van der Waals surface area contributed by atoms with Gasteiger partial charge in [0.1, 0.15) is 17.2 Å². The summed E-state index contributed by atoms with van der Waals surface area (Å²) in [4.78, 5) is 35.8. The van der Waals surface area contributed by atoms with Crippen molar-refractivity contribution in [1.29, 1.82) is 0 Å². The Morgan fingerprint density at radius 2 is 1.83 bits per heavy atom. The summed E-state index contributed by atoms with van der Waals surface area (Å²) in [7, 11) is 0. The molecule has 8 nitrogen and oxygen atoms in total. The van der Waals surface area contributed by atoms with Crippen molar-refractivity contribution in [3.8, 4) is 22.2 Å². The highest BCUT2D eigenvalue weighted by Crippen LogP contribution is 2.35. The first-order chi connectivity index (χ1) is 16.8. The molecule has 5 aromatic rings. The molecule has 5 rings (SSSR count). The van der Waals surface area contributed by atoms with Crippen LogP contribution in [0.1, 0.15) is 16.7 Å². The Balaban J connectivity index is 1.44. The Kier molecular flexibility index (Phi) is 5.73. The zero-order valence-electron chi connectivity index (χ0n) is 19.1. The van der Waals surface area contributed by atoms with E-state index in [1.54, 1.807) is 19.1 Å². The standard InChI is InChI=1S/C25H20FN5O3S/c1-13-5-4-6-14(2)20(13)28-18(32)11-31-12-27-24-19(25(31)33)15(3)21(35-24)23-29-22(30-34-23)16-7-9-17(26)10-8-16/h4-10,12H,11H2,1-3H3,(H,28,32). The normalized spacial score (nSPS) is 11.2. The highest BCUT2D eigenvalue weighted by Gasteiger charge is 2.21. The van der Waals surface area contributed by atoms with E-state index in [-0.39, 0.29) is 29.7 Å². The van der Waals surface area contributed by atoms with Crippen LogP contribution in [-0.2, 0) is 11.3 Å². The van der Waals surface area contributed by atoms with Crippen LogP contribution >= 0.6 is 11.3 Å². The van der Waals surface area contributed by atoms with Crippen molar-refractivity contribution in [2.24, 2.45) is 0 Å². The van der Waals surface area contributed by atoms with E-state index in [1.807, 2.05) is 32.0 Å². The van der Waals surface area contributed by atoms with Gasteiger partial charge >= 0.3 is 0 Å². The molecule has 1 amide bonds. The molecule has 0 aliphatic heterocycles.